The summed E-state index contributed by atoms with van der Waals surface area (Å²) in [6.45, 7) is -0.0402. The highest BCUT2D eigenvalue weighted by molar-refractivity contribution is 6.28. The molecule has 0 aliphatic heterocycles. The molecule has 0 radical (unpaired) electrons. The molecule has 0 aliphatic rings. The predicted octanol–water partition coefficient (Wildman–Crippen LogP) is 9.76. The number of imidazole rings is 2. The van der Waals surface area contributed by atoms with Crippen molar-refractivity contribution in [1.29, 1.82) is 0 Å². The smallest absolute Gasteiger partial charge is 0.121 e. The van der Waals surface area contributed by atoms with E-state index in [0.29, 0.717) is 5.69 Å². The van der Waals surface area contributed by atoms with Gasteiger partial charge in [0.1, 0.15) is 10.4 Å². The molecule has 3 N–H and O–H groups in total. The minimum absolute atomic E-state index is 0. The molecule has 0 fully saturated rings. The first-order valence-corrected chi connectivity index (χ1v) is 17.7. The standard InChI is InChI=1S/C23H20N2O.C19H15Cl.C4H6N2O.ClH/c26-17-22-16-25(18-24-22)23(19-10-4-1-5-11-19,20-12-6-2-7-13-20)21-14-8-3-9-15-21;20-19(16-10-4-1-5-11-16,17-12-6-2-7-13-17)18-14-8-3-9-15-18;7-2-4-1-5-3-6-4;/h1-16,18,26H,17H2;1-15H;1,3,7H,2H2,(H,5,6);1H. The van der Waals surface area contributed by atoms with Crippen LogP contribution in [0.2, 0.25) is 0 Å². The van der Waals surface area contributed by atoms with E-state index in [4.69, 9.17) is 16.7 Å². The van der Waals surface area contributed by atoms with Gasteiger partial charge in [-0.3, -0.25) is 0 Å². The lowest BCUT2D eigenvalue weighted by atomic mass is 9.77. The highest BCUT2D eigenvalue weighted by Crippen LogP contribution is 2.43. The molecular weight excluding hydrogens is 711 g/mol. The van der Waals surface area contributed by atoms with Gasteiger partial charge in [-0.25, -0.2) is 9.97 Å². The lowest BCUT2D eigenvalue weighted by Crippen LogP contribution is -2.36. The number of aromatic nitrogens is 4. The molecule has 0 saturated heterocycles. The Balaban J connectivity index is 0.000000177. The van der Waals surface area contributed by atoms with E-state index < -0.39 is 10.4 Å². The third kappa shape index (κ3) is 8.71. The van der Waals surface area contributed by atoms with E-state index in [2.05, 4.69) is 129 Å². The van der Waals surface area contributed by atoms with E-state index in [9.17, 15) is 5.11 Å². The normalized spacial score (nSPS) is 10.9. The molecular formula is C46H42Cl2N4O2. The van der Waals surface area contributed by atoms with Gasteiger partial charge < -0.3 is 19.8 Å². The van der Waals surface area contributed by atoms with E-state index in [0.717, 1.165) is 39.1 Å². The van der Waals surface area contributed by atoms with Gasteiger partial charge in [-0.15, -0.1) is 24.0 Å². The number of hydrogen-bond donors (Lipinski definition) is 3. The first kappa shape index (κ1) is 39.4. The third-order valence-electron chi connectivity index (χ3n) is 9.00. The first-order valence-electron chi connectivity index (χ1n) is 17.3. The van der Waals surface area contributed by atoms with Crippen LogP contribution >= 0.6 is 24.0 Å². The SMILES string of the molecule is Cl.ClC(c1ccccc1)(c1ccccc1)c1ccccc1.OCc1cn(C(c2ccccc2)(c2ccccc2)c2ccccc2)cn1.OCc1cnc[nH]1. The number of hydrogen-bond acceptors (Lipinski definition) is 4. The molecule has 8 aromatic rings. The average Bonchev–Trinajstić information content (AvgIpc) is 3.97. The van der Waals surface area contributed by atoms with Crippen LogP contribution in [0.1, 0.15) is 44.8 Å². The second-order valence-corrected chi connectivity index (χ2v) is 12.8. The van der Waals surface area contributed by atoms with E-state index in [1.807, 2.05) is 79.0 Å². The number of halogens is 2. The summed E-state index contributed by atoms with van der Waals surface area (Å²) in [4.78, 5) is 10.1. The maximum absolute atomic E-state index is 9.55. The van der Waals surface area contributed by atoms with Gasteiger partial charge in [0.05, 0.1) is 43.5 Å². The van der Waals surface area contributed by atoms with Crippen LogP contribution in [0.4, 0.5) is 0 Å². The summed E-state index contributed by atoms with van der Waals surface area (Å²) >= 11 is 7.12. The average molecular weight is 754 g/mol. The Morgan fingerprint density at radius 2 is 0.870 bits per heavy atom. The molecule has 0 aliphatic carbocycles. The highest BCUT2D eigenvalue weighted by Gasteiger charge is 2.38. The van der Waals surface area contributed by atoms with Crippen molar-refractivity contribution in [2.45, 2.75) is 23.6 Å². The van der Waals surface area contributed by atoms with Gasteiger partial charge in [-0.2, -0.15) is 0 Å². The lowest BCUT2D eigenvalue weighted by Gasteiger charge is -2.37. The Hall–Kier alpha value is -5.76. The van der Waals surface area contributed by atoms with Crippen LogP contribution in [0.25, 0.3) is 0 Å². The van der Waals surface area contributed by atoms with Gasteiger partial charge in [-0.05, 0) is 33.4 Å². The highest BCUT2D eigenvalue weighted by atomic mass is 35.5. The summed E-state index contributed by atoms with van der Waals surface area (Å²) in [5, 5.41) is 17.9. The lowest BCUT2D eigenvalue weighted by molar-refractivity contribution is 0.277. The maximum atomic E-state index is 9.55. The van der Waals surface area contributed by atoms with Crippen molar-refractivity contribution in [2.24, 2.45) is 0 Å². The summed E-state index contributed by atoms with van der Waals surface area (Å²) in [6.07, 6.45) is 6.84. The molecule has 6 aromatic carbocycles. The Kier molecular flexibility index (Phi) is 14.1. The molecule has 6 nitrogen and oxygen atoms in total. The number of aromatic amines is 1. The molecule has 0 amide bonds. The Morgan fingerprint density at radius 3 is 1.13 bits per heavy atom. The second kappa shape index (κ2) is 19.4. The molecule has 272 valence electrons. The van der Waals surface area contributed by atoms with E-state index in [1.54, 1.807) is 12.5 Å². The third-order valence-corrected chi connectivity index (χ3v) is 9.65. The molecule has 8 heteroatoms. The van der Waals surface area contributed by atoms with Crippen molar-refractivity contribution in [2.75, 3.05) is 0 Å². The number of aliphatic hydroxyl groups is 2. The van der Waals surface area contributed by atoms with E-state index in [-0.39, 0.29) is 25.6 Å². The predicted molar refractivity (Wildman–Crippen MR) is 220 cm³/mol. The first-order chi connectivity index (χ1) is 26.1. The van der Waals surface area contributed by atoms with Gasteiger partial charge in [0.25, 0.3) is 0 Å². The second-order valence-electron chi connectivity index (χ2n) is 12.2. The minimum atomic E-state index is -0.649. The molecule has 54 heavy (non-hydrogen) atoms. The number of aliphatic hydroxyl groups excluding tert-OH is 2. The number of alkyl halides is 1. The van der Waals surface area contributed by atoms with Crippen LogP contribution < -0.4 is 0 Å². The van der Waals surface area contributed by atoms with E-state index in [1.165, 1.54) is 6.33 Å². The van der Waals surface area contributed by atoms with Crippen LogP contribution in [0.3, 0.4) is 0 Å². The van der Waals surface area contributed by atoms with Crippen LogP contribution in [0.15, 0.2) is 207 Å². The monoisotopic (exact) mass is 752 g/mol. The van der Waals surface area contributed by atoms with Crippen LogP contribution in [0, 0.1) is 0 Å². The molecule has 0 spiro atoms. The summed E-state index contributed by atoms with van der Waals surface area (Å²) in [6, 6.07) is 61.9. The summed E-state index contributed by atoms with van der Waals surface area (Å²) in [5.74, 6) is 0. The Bertz CT molecular complexity index is 2010. The number of nitrogens with zero attached hydrogens (tertiary/aromatic N) is 3. The Morgan fingerprint density at radius 1 is 0.519 bits per heavy atom. The summed E-state index contributed by atoms with van der Waals surface area (Å²) in [5.41, 5.74) is 7.50. The molecule has 2 aromatic heterocycles. The van der Waals surface area contributed by atoms with Crippen molar-refractivity contribution in [1.82, 2.24) is 19.5 Å². The fourth-order valence-corrected chi connectivity index (χ4v) is 6.87. The van der Waals surface area contributed by atoms with Crippen molar-refractivity contribution in [3.8, 4) is 0 Å². The molecule has 8 rings (SSSR count). The van der Waals surface area contributed by atoms with Gasteiger partial charge in [0.15, 0.2) is 0 Å². The van der Waals surface area contributed by atoms with E-state index >= 15 is 0 Å². The Labute approximate surface area is 327 Å². The molecule has 0 atom stereocenters. The zero-order valence-electron chi connectivity index (χ0n) is 29.6. The van der Waals surface area contributed by atoms with Gasteiger partial charge in [0, 0.05) is 6.20 Å². The van der Waals surface area contributed by atoms with Crippen LogP contribution in [-0.4, -0.2) is 29.7 Å². The number of benzene rings is 6. The quantitative estimate of drug-likeness (QED) is 0.101. The van der Waals surface area contributed by atoms with Crippen molar-refractivity contribution in [3.63, 3.8) is 0 Å². The van der Waals surface area contributed by atoms with Crippen molar-refractivity contribution >= 4 is 24.0 Å². The number of rotatable bonds is 9. The van der Waals surface area contributed by atoms with Gasteiger partial charge >= 0.3 is 0 Å². The fraction of sp³-hybridized carbons (Fsp3) is 0.0870. The van der Waals surface area contributed by atoms with Crippen LogP contribution in [-0.2, 0) is 23.6 Å². The number of H-pyrrole nitrogens is 1. The molecule has 0 unspecified atom stereocenters. The zero-order chi connectivity index (χ0) is 36.8. The van der Waals surface area contributed by atoms with Crippen LogP contribution in [0.5, 0.6) is 0 Å². The van der Waals surface area contributed by atoms with Crippen molar-refractivity contribution < 1.29 is 10.2 Å². The summed E-state index contributed by atoms with van der Waals surface area (Å²) in [7, 11) is 0. The molecule has 2 heterocycles. The number of nitrogens with one attached hydrogen (secondary N) is 1. The minimum Gasteiger partial charge on any atom is -0.390 e. The largest absolute Gasteiger partial charge is 0.390 e. The van der Waals surface area contributed by atoms with Gasteiger partial charge in [-0.1, -0.05) is 182 Å². The molecule has 0 bridgehead atoms. The fourth-order valence-electron chi connectivity index (χ4n) is 6.49. The topological polar surface area (TPSA) is 87.0 Å². The summed E-state index contributed by atoms with van der Waals surface area (Å²) < 4.78 is 2.10. The van der Waals surface area contributed by atoms with Gasteiger partial charge in [0.2, 0.25) is 0 Å². The molecule has 0 saturated carbocycles. The maximum Gasteiger partial charge on any atom is 0.121 e. The zero-order valence-corrected chi connectivity index (χ0v) is 31.1. The van der Waals surface area contributed by atoms with Crippen molar-refractivity contribution in [3.05, 3.63) is 252 Å².